The van der Waals surface area contributed by atoms with Crippen LogP contribution in [0.15, 0.2) is 48.6 Å². The van der Waals surface area contributed by atoms with E-state index in [1.54, 1.807) is 0 Å². The largest absolute Gasteiger partial charge is 0.490 e. The molecule has 7 heteroatoms. The molecule has 2 N–H and O–H groups in total. The first-order chi connectivity index (χ1) is 19.0. The number of benzene rings is 2. The van der Waals surface area contributed by atoms with Gasteiger partial charge in [0, 0.05) is 34.8 Å². The minimum absolute atomic E-state index is 0.0465. The highest BCUT2D eigenvalue weighted by Gasteiger charge is 2.44. The molecule has 2 aromatic carbocycles. The minimum atomic E-state index is -0.397. The van der Waals surface area contributed by atoms with Crippen molar-refractivity contribution in [3.63, 3.8) is 0 Å². The standard InChI is InChI=1S/C32H37ClN2O3S/c33-25-8-10-27-21(14-25)2-1-13-32(27)18-35-16-23-5-9-26(23)29(36)11-6-20-3-4-24(20)17-39-34-31(37)22-7-12-30(38-19-32)28(35)15-22/h6-8,10-12,14-15,20,23-24,26,29,36H,1-5,9,13,16-19H2,(H,34,37)/b11-6+/t20-,23+,24-,26-,29+,32+/m1/s1. The number of anilines is 1. The Morgan fingerprint density at radius 2 is 1.97 bits per heavy atom. The van der Waals surface area contributed by atoms with Crippen LogP contribution in [-0.2, 0) is 11.8 Å². The van der Waals surface area contributed by atoms with Crippen LogP contribution < -0.4 is 14.4 Å². The molecule has 7 rings (SSSR count). The second-order valence-electron chi connectivity index (χ2n) is 12.4. The number of aryl methyl sites for hydroxylation is 1. The number of carbonyl (C=O) groups is 1. The van der Waals surface area contributed by atoms with E-state index in [0.717, 1.165) is 67.4 Å². The third-order valence-corrected chi connectivity index (χ3v) is 11.3. The number of amides is 1. The molecule has 39 heavy (non-hydrogen) atoms. The van der Waals surface area contributed by atoms with Crippen LogP contribution in [0.5, 0.6) is 5.75 Å². The monoisotopic (exact) mass is 564 g/mol. The number of halogens is 1. The molecule has 6 atom stereocenters. The fraction of sp³-hybridized carbons (Fsp3) is 0.531. The average molecular weight is 565 g/mol. The summed E-state index contributed by atoms with van der Waals surface area (Å²) in [6, 6.07) is 12.2. The lowest BCUT2D eigenvalue weighted by Gasteiger charge is -2.45. The topological polar surface area (TPSA) is 61.8 Å². The molecule has 206 valence electrons. The van der Waals surface area contributed by atoms with E-state index in [0.29, 0.717) is 29.9 Å². The third-order valence-electron chi connectivity index (χ3n) is 10.2. The fourth-order valence-electron chi connectivity index (χ4n) is 7.54. The van der Waals surface area contributed by atoms with E-state index in [1.807, 2.05) is 24.3 Å². The molecule has 0 saturated heterocycles. The highest BCUT2D eigenvalue weighted by Crippen LogP contribution is 2.47. The van der Waals surface area contributed by atoms with E-state index in [4.69, 9.17) is 16.3 Å². The summed E-state index contributed by atoms with van der Waals surface area (Å²) in [4.78, 5) is 15.7. The molecule has 0 aromatic heterocycles. The number of aliphatic hydroxyl groups is 1. The Bertz CT molecular complexity index is 1300. The number of allylic oxidation sites excluding steroid dienone is 1. The van der Waals surface area contributed by atoms with E-state index in [9.17, 15) is 9.90 Å². The van der Waals surface area contributed by atoms with Gasteiger partial charge >= 0.3 is 0 Å². The smallest absolute Gasteiger partial charge is 0.261 e. The second kappa shape index (κ2) is 10.4. The zero-order chi connectivity index (χ0) is 26.6. The zero-order valence-corrected chi connectivity index (χ0v) is 23.9. The van der Waals surface area contributed by atoms with E-state index >= 15 is 0 Å². The molecule has 1 spiro atoms. The van der Waals surface area contributed by atoms with E-state index in [1.165, 1.54) is 35.9 Å². The molecule has 2 bridgehead atoms. The maximum absolute atomic E-state index is 13.2. The van der Waals surface area contributed by atoms with Gasteiger partial charge in [0.1, 0.15) is 5.75 Å². The molecule has 2 aliphatic heterocycles. The van der Waals surface area contributed by atoms with Gasteiger partial charge in [0.05, 0.1) is 18.4 Å². The summed E-state index contributed by atoms with van der Waals surface area (Å²) in [5, 5.41) is 12.0. The Hall–Kier alpha value is -2.15. The highest BCUT2D eigenvalue weighted by atomic mass is 35.5. The van der Waals surface area contributed by atoms with Crippen molar-refractivity contribution in [3.05, 3.63) is 70.3 Å². The number of hydrogen-bond donors (Lipinski definition) is 2. The summed E-state index contributed by atoms with van der Waals surface area (Å²) in [7, 11) is 0. The summed E-state index contributed by atoms with van der Waals surface area (Å²) < 4.78 is 9.68. The van der Waals surface area contributed by atoms with Crippen LogP contribution in [0.2, 0.25) is 5.02 Å². The Morgan fingerprint density at radius 3 is 2.79 bits per heavy atom. The molecule has 5 nitrogen and oxygen atoms in total. The molecule has 2 saturated carbocycles. The zero-order valence-electron chi connectivity index (χ0n) is 22.3. The van der Waals surface area contributed by atoms with Gasteiger partial charge in [0.2, 0.25) is 0 Å². The number of nitrogens with zero attached hydrogens (tertiary/aromatic N) is 1. The van der Waals surface area contributed by atoms with Crippen molar-refractivity contribution < 1.29 is 14.6 Å². The highest BCUT2D eigenvalue weighted by molar-refractivity contribution is 7.97. The van der Waals surface area contributed by atoms with Gasteiger partial charge in [-0.15, -0.1) is 0 Å². The molecule has 2 fully saturated rings. The van der Waals surface area contributed by atoms with Gasteiger partial charge in [0.25, 0.3) is 5.91 Å². The van der Waals surface area contributed by atoms with Crippen LogP contribution in [0.1, 0.15) is 60.0 Å². The van der Waals surface area contributed by atoms with Crippen LogP contribution in [0, 0.1) is 23.7 Å². The quantitative estimate of drug-likeness (QED) is 0.296. The van der Waals surface area contributed by atoms with Crippen molar-refractivity contribution in [2.75, 3.05) is 30.3 Å². The third kappa shape index (κ3) is 4.76. The normalized spacial score (nSPS) is 34.7. The lowest BCUT2D eigenvalue weighted by molar-refractivity contribution is 0.0450. The molecule has 0 unspecified atom stereocenters. The molecule has 2 heterocycles. The van der Waals surface area contributed by atoms with Crippen LogP contribution in [0.4, 0.5) is 5.69 Å². The van der Waals surface area contributed by atoms with Crippen molar-refractivity contribution in [1.82, 2.24) is 4.72 Å². The number of fused-ring (bicyclic) bond motifs is 5. The fourth-order valence-corrected chi connectivity index (χ4v) is 8.69. The molecular formula is C32H37ClN2O3S. The molecule has 1 amide bonds. The Kier molecular flexibility index (Phi) is 6.85. The molecule has 3 aliphatic carbocycles. The molecule has 2 aromatic rings. The predicted molar refractivity (Wildman–Crippen MR) is 158 cm³/mol. The first-order valence-electron chi connectivity index (χ1n) is 14.6. The van der Waals surface area contributed by atoms with Gasteiger partial charge < -0.3 is 14.7 Å². The minimum Gasteiger partial charge on any atom is -0.490 e. The summed E-state index contributed by atoms with van der Waals surface area (Å²) in [5.41, 5.74) is 4.19. The lowest BCUT2D eigenvalue weighted by atomic mass is 9.68. The van der Waals surface area contributed by atoms with Gasteiger partial charge in [-0.05, 0) is 122 Å². The molecule has 5 aliphatic rings. The lowest BCUT2D eigenvalue weighted by Crippen LogP contribution is -2.49. The number of carbonyl (C=O) groups excluding carboxylic acids is 1. The van der Waals surface area contributed by atoms with Crippen molar-refractivity contribution in [1.29, 1.82) is 0 Å². The first-order valence-corrected chi connectivity index (χ1v) is 15.9. The number of nitrogens with one attached hydrogen (secondary N) is 1. The van der Waals surface area contributed by atoms with Gasteiger partial charge in [-0.1, -0.05) is 29.8 Å². The summed E-state index contributed by atoms with van der Waals surface area (Å²) >= 11 is 7.91. The van der Waals surface area contributed by atoms with Gasteiger partial charge in [-0.3, -0.25) is 9.52 Å². The number of ether oxygens (including phenoxy) is 1. The predicted octanol–water partition coefficient (Wildman–Crippen LogP) is 6.17. The summed E-state index contributed by atoms with van der Waals surface area (Å²) in [6.07, 6.45) is 11.7. The maximum Gasteiger partial charge on any atom is 0.261 e. The SMILES string of the molecule is O=C1NSC[C@H]2CC[C@@H]2/C=C/[C@H](O)[C@@H]2CC[C@H]2CN2C[C@@]3(CCCc4cc(Cl)ccc43)COc3ccc1cc32. The Morgan fingerprint density at radius 1 is 1.08 bits per heavy atom. The van der Waals surface area contributed by atoms with E-state index < -0.39 is 6.10 Å². The molecular weight excluding hydrogens is 528 g/mol. The second-order valence-corrected chi connectivity index (χ2v) is 13.7. The van der Waals surface area contributed by atoms with Gasteiger partial charge in [0.15, 0.2) is 0 Å². The van der Waals surface area contributed by atoms with Crippen molar-refractivity contribution in [2.45, 2.75) is 56.5 Å². The average Bonchev–Trinajstić information content (AvgIpc) is 3.05. The summed E-state index contributed by atoms with van der Waals surface area (Å²) in [6.45, 7) is 2.28. The van der Waals surface area contributed by atoms with E-state index in [-0.39, 0.29) is 17.2 Å². The number of rotatable bonds is 0. The van der Waals surface area contributed by atoms with Crippen LogP contribution >= 0.6 is 23.5 Å². The summed E-state index contributed by atoms with van der Waals surface area (Å²) in [5.74, 6) is 3.43. The maximum atomic E-state index is 13.2. The Labute approximate surface area is 240 Å². The van der Waals surface area contributed by atoms with E-state index in [2.05, 4.69) is 33.9 Å². The van der Waals surface area contributed by atoms with Crippen LogP contribution in [0.3, 0.4) is 0 Å². The van der Waals surface area contributed by atoms with Crippen LogP contribution in [0.25, 0.3) is 0 Å². The van der Waals surface area contributed by atoms with Crippen LogP contribution in [-0.4, -0.2) is 42.6 Å². The first kappa shape index (κ1) is 25.8. The number of hydrogen-bond acceptors (Lipinski definition) is 5. The van der Waals surface area contributed by atoms with Crippen molar-refractivity contribution in [3.8, 4) is 5.75 Å². The molecule has 0 radical (unpaired) electrons. The Balaban J connectivity index is 1.26. The van der Waals surface area contributed by atoms with Crippen molar-refractivity contribution >= 4 is 35.1 Å². The van der Waals surface area contributed by atoms with Gasteiger partial charge in [-0.2, -0.15) is 0 Å². The number of aliphatic hydroxyl groups excluding tert-OH is 1. The van der Waals surface area contributed by atoms with Crippen molar-refractivity contribution in [2.24, 2.45) is 23.7 Å². The van der Waals surface area contributed by atoms with Gasteiger partial charge in [-0.25, -0.2) is 0 Å².